The van der Waals surface area contributed by atoms with E-state index >= 15 is 0 Å². The first-order chi connectivity index (χ1) is 15.3. The number of hydrogen-bond donors (Lipinski definition) is 1. The Bertz CT molecular complexity index is 904. The van der Waals surface area contributed by atoms with Crippen LogP contribution in [0.5, 0.6) is 0 Å². The minimum absolute atomic E-state index is 0.110. The average Bonchev–Trinajstić information content (AvgIpc) is 3.33. The standard InChI is InChI=1S/C27H30N2O2/c30-26(28-27(23-9-3-1-4-10-23)24-11-5-2-6-12-24)21-22-15-18-29(19-16-22)17-7-13-25-14-8-20-31-25/h1-14,20,22,27H,15-19,21H2,(H,28,30)/b13-7-. The molecule has 4 heteroatoms. The van der Waals surface area contributed by atoms with Crippen LogP contribution in [-0.2, 0) is 4.79 Å². The Morgan fingerprint density at radius 3 is 2.19 bits per heavy atom. The van der Waals surface area contributed by atoms with Gasteiger partial charge in [-0.1, -0.05) is 66.7 Å². The van der Waals surface area contributed by atoms with Gasteiger partial charge in [-0.15, -0.1) is 0 Å². The van der Waals surface area contributed by atoms with Gasteiger partial charge in [0.25, 0.3) is 0 Å². The number of hydrogen-bond acceptors (Lipinski definition) is 3. The molecule has 1 N–H and O–H groups in total. The monoisotopic (exact) mass is 414 g/mol. The maximum absolute atomic E-state index is 12.9. The van der Waals surface area contributed by atoms with Crippen molar-refractivity contribution >= 4 is 12.0 Å². The molecule has 0 bridgehead atoms. The summed E-state index contributed by atoms with van der Waals surface area (Å²) in [6.07, 6.45) is 8.57. The third kappa shape index (κ3) is 6.19. The second-order valence-corrected chi connectivity index (χ2v) is 8.19. The molecule has 31 heavy (non-hydrogen) atoms. The number of nitrogens with one attached hydrogen (secondary N) is 1. The van der Waals surface area contributed by atoms with Crippen LogP contribution < -0.4 is 5.32 Å². The van der Waals surface area contributed by atoms with E-state index in [0.29, 0.717) is 12.3 Å². The molecule has 1 fully saturated rings. The molecule has 0 aliphatic carbocycles. The molecule has 0 unspecified atom stereocenters. The second-order valence-electron chi connectivity index (χ2n) is 8.19. The lowest BCUT2D eigenvalue weighted by molar-refractivity contribution is -0.122. The topological polar surface area (TPSA) is 45.5 Å². The summed E-state index contributed by atoms with van der Waals surface area (Å²) >= 11 is 0. The van der Waals surface area contributed by atoms with Crippen molar-refractivity contribution in [3.63, 3.8) is 0 Å². The van der Waals surface area contributed by atoms with E-state index in [2.05, 4.69) is 40.6 Å². The summed E-state index contributed by atoms with van der Waals surface area (Å²) in [7, 11) is 0. The van der Waals surface area contributed by atoms with E-state index in [1.165, 1.54) is 0 Å². The molecule has 1 aliphatic rings. The predicted molar refractivity (Wildman–Crippen MR) is 124 cm³/mol. The molecule has 2 heterocycles. The quantitative estimate of drug-likeness (QED) is 0.544. The molecule has 4 rings (SSSR count). The lowest BCUT2D eigenvalue weighted by atomic mass is 9.92. The Kier molecular flexibility index (Phi) is 7.35. The fraction of sp³-hybridized carbons (Fsp3) is 0.296. The third-order valence-electron chi connectivity index (χ3n) is 5.94. The summed E-state index contributed by atoms with van der Waals surface area (Å²) in [6, 6.07) is 24.1. The first-order valence-electron chi connectivity index (χ1n) is 11.1. The van der Waals surface area contributed by atoms with Crippen LogP contribution in [0.1, 0.15) is 42.2 Å². The average molecular weight is 415 g/mol. The Morgan fingerprint density at radius 1 is 0.968 bits per heavy atom. The van der Waals surface area contributed by atoms with Crippen molar-refractivity contribution in [2.24, 2.45) is 5.92 Å². The first kappa shape index (κ1) is 21.1. The molecule has 1 aromatic heterocycles. The van der Waals surface area contributed by atoms with Crippen molar-refractivity contribution in [2.45, 2.75) is 25.3 Å². The molecule has 0 saturated carbocycles. The van der Waals surface area contributed by atoms with Crippen molar-refractivity contribution in [3.8, 4) is 0 Å². The van der Waals surface area contributed by atoms with E-state index in [1.807, 2.05) is 54.6 Å². The number of likely N-dealkylation sites (tertiary alicyclic amines) is 1. The zero-order chi connectivity index (χ0) is 21.3. The predicted octanol–water partition coefficient (Wildman–Crippen LogP) is 5.30. The van der Waals surface area contributed by atoms with Crippen LogP contribution in [0.2, 0.25) is 0 Å². The van der Waals surface area contributed by atoms with Crippen LogP contribution in [0.25, 0.3) is 6.08 Å². The molecule has 0 spiro atoms. The number of carbonyl (C=O) groups excluding carboxylic acids is 1. The Labute approximate surface area is 184 Å². The van der Waals surface area contributed by atoms with Crippen LogP contribution in [-0.4, -0.2) is 30.4 Å². The minimum atomic E-state index is -0.110. The van der Waals surface area contributed by atoms with Gasteiger partial charge in [0.1, 0.15) is 5.76 Å². The molecule has 160 valence electrons. The van der Waals surface area contributed by atoms with Crippen LogP contribution in [0, 0.1) is 5.92 Å². The molecule has 4 nitrogen and oxygen atoms in total. The summed E-state index contributed by atoms with van der Waals surface area (Å²) < 4.78 is 5.33. The number of amides is 1. The smallest absolute Gasteiger partial charge is 0.221 e. The van der Waals surface area contributed by atoms with Gasteiger partial charge in [0.05, 0.1) is 12.3 Å². The molecule has 0 radical (unpaired) electrons. The Balaban J connectivity index is 1.28. The van der Waals surface area contributed by atoms with Gasteiger partial charge in [0, 0.05) is 13.0 Å². The molecule has 1 amide bonds. The molecule has 0 atom stereocenters. The van der Waals surface area contributed by atoms with Crippen LogP contribution in [0.15, 0.2) is 89.6 Å². The normalized spacial score (nSPS) is 15.5. The van der Waals surface area contributed by atoms with Crippen LogP contribution in [0.4, 0.5) is 0 Å². The van der Waals surface area contributed by atoms with E-state index in [9.17, 15) is 4.79 Å². The van der Waals surface area contributed by atoms with Gasteiger partial charge in [0.15, 0.2) is 0 Å². The van der Waals surface area contributed by atoms with Gasteiger partial charge < -0.3 is 9.73 Å². The summed E-state index contributed by atoms with van der Waals surface area (Å²) in [6.45, 7) is 2.98. The van der Waals surface area contributed by atoms with Crippen molar-refractivity contribution in [3.05, 3.63) is 102 Å². The summed E-state index contributed by atoms with van der Waals surface area (Å²) in [5.74, 6) is 1.46. The highest BCUT2D eigenvalue weighted by molar-refractivity contribution is 5.77. The second kappa shape index (κ2) is 10.8. The third-order valence-corrected chi connectivity index (χ3v) is 5.94. The van der Waals surface area contributed by atoms with E-state index in [0.717, 1.165) is 49.4 Å². The largest absolute Gasteiger partial charge is 0.465 e. The Hall–Kier alpha value is -3.11. The number of benzene rings is 2. The van der Waals surface area contributed by atoms with E-state index in [4.69, 9.17) is 4.42 Å². The van der Waals surface area contributed by atoms with Crippen molar-refractivity contribution in [1.82, 2.24) is 10.2 Å². The molecule has 3 aromatic rings. The van der Waals surface area contributed by atoms with Gasteiger partial charge >= 0.3 is 0 Å². The number of piperidine rings is 1. The summed E-state index contributed by atoms with van der Waals surface area (Å²) in [4.78, 5) is 15.3. The highest BCUT2D eigenvalue weighted by atomic mass is 16.3. The van der Waals surface area contributed by atoms with Gasteiger partial charge in [-0.05, 0) is 61.2 Å². The lowest BCUT2D eigenvalue weighted by Crippen LogP contribution is -2.36. The highest BCUT2D eigenvalue weighted by Crippen LogP contribution is 2.24. The van der Waals surface area contributed by atoms with Gasteiger partial charge in [-0.2, -0.15) is 0 Å². The summed E-state index contributed by atoms with van der Waals surface area (Å²) in [5.41, 5.74) is 2.22. The summed E-state index contributed by atoms with van der Waals surface area (Å²) in [5, 5.41) is 3.28. The maximum Gasteiger partial charge on any atom is 0.221 e. The number of nitrogens with zero attached hydrogens (tertiary/aromatic N) is 1. The molecule has 1 saturated heterocycles. The zero-order valence-corrected chi connectivity index (χ0v) is 17.8. The fourth-order valence-corrected chi connectivity index (χ4v) is 4.21. The molecule has 1 aliphatic heterocycles. The van der Waals surface area contributed by atoms with Crippen molar-refractivity contribution < 1.29 is 9.21 Å². The highest BCUT2D eigenvalue weighted by Gasteiger charge is 2.23. The maximum atomic E-state index is 12.9. The van der Waals surface area contributed by atoms with Gasteiger partial charge in [0.2, 0.25) is 5.91 Å². The van der Waals surface area contributed by atoms with Gasteiger partial charge in [-0.25, -0.2) is 0 Å². The molecular weight excluding hydrogens is 384 g/mol. The van der Waals surface area contributed by atoms with Crippen molar-refractivity contribution in [1.29, 1.82) is 0 Å². The van der Waals surface area contributed by atoms with Crippen LogP contribution in [0.3, 0.4) is 0 Å². The number of rotatable bonds is 8. The van der Waals surface area contributed by atoms with E-state index in [1.54, 1.807) is 6.26 Å². The Morgan fingerprint density at radius 2 is 1.61 bits per heavy atom. The number of furan rings is 1. The zero-order valence-electron chi connectivity index (χ0n) is 17.8. The van der Waals surface area contributed by atoms with Gasteiger partial charge in [-0.3, -0.25) is 9.69 Å². The van der Waals surface area contributed by atoms with Crippen molar-refractivity contribution in [2.75, 3.05) is 19.6 Å². The lowest BCUT2D eigenvalue weighted by Gasteiger charge is -2.31. The SMILES string of the molecule is O=C(CC1CCN(C/C=C\c2ccco2)CC1)NC(c1ccccc1)c1ccccc1. The van der Waals surface area contributed by atoms with E-state index in [-0.39, 0.29) is 11.9 Å². The molecular formula is C27H30N2O2. The fourth-order valence-electron chi connectivity index (χ4n) is 4.21. The van der Waals surface area contributed by atoms with E-state index < -0.39 is 0 Å². The van der Waals surface area contributed by atoms with Crippen LogP contribution >= 0.6 is 0 Å². The first-order valence-corrected chi connectivity index (χ1v) is 11.1. The molecule has 2 aromatic carbocycles. The number of carbonyl (C=O) groups is 1. The minimum Gasteiger partial charge on any atom is -0.465 e.